The highest BCUT2D eigenvalue weighted by Crippen LogP contribution is 2.20. The highest BCUT2D eigenvalue weighted by molar-refractivity contribution is 5.76. The van der Waals surface area contributed by atoms with Crippen LogP contribution in [0, 0.1) is 0 Å². The van der Waals surface area contributed by atoms with E-state index >= 15 is 0 Å². The maximum Gasteiger partial charge on any atom is 0.305 e. The lowest BCUT2D eigenvalue weighted by molar-refractivity contribution is -0.143. The SMILES string of the molecule is CCCCCCCCCCCCCCCCCCCCCCCCCCC(O)C(CO)NC(=O)CCCCCCCCC/C=C\CCCCCCCCCCCCCCOC(=O)CCCCCCCCCCCCCCCCCCCCC. The van der Waals surface area contributed by atoms with Gasteiger partial charge in [0.25, 0.3) is 0 Å². The Bertz CT molecular complexity index is 1260. The van der Waals surface area contributed by atoms with E-state index < -0.39 is 12.1 Å². The number of carbonyl (C=O) groups is 2. The van der Waals surface area contributed by atoms with Gasteiger partial charge in [-0.05, 0) is 51.4 Å². The summed E-state index contributed by atoms with van der Waals surface area (Å²) < 4.78 is 5.52. The number of aliphatic hydroxyl groups excluding tert-OH is 2. The zero-order valence-electron chi connectivity index (χ0n) is 56.7. The molecular weight excluding hydrogens is 1020 g/mol. The Morgan fingerprint density at radius 3 is 0.855 bits per heavy atom. The first kappa shape index (κ1) is 81.6. The van der Waals surface area contributed by atoms with Crippen molar-refractivity contribution in [3.8, 4) is 0 Å². The molecule has 6 nitrogen and oxygen atoms in total. The molecule has 0 fully saturated rings. The van der Waals surface area contributed by atoms with Crippen molar-refractivity contribution in [1.29, 1.82) is 0 Å². The molecule has 0 saturated heterocycles. The second-order valence-electron chi connectivity index (χ2n) is 26.7. The molecule has 0 rings (SSSR count). The van der Waals surface area contributed by atoms with E-state index in [0.29, 0.717) is 25.9 Å². The van der Waals surface area contributed by atoms with Gasteiger partial charge in [0.1, 0.15) is 0 Å². The number of allylic oxidation sites excluding steroid dienone is 2. The largest absolute Gasteiger partial charge is 0.466 e. The number of esters is 1. The first-order valence-corrected chi connectivity index (χ1v) is 38.4. The third kappa shape index (κ3) is 69.6. The molecule has 0 aromatic rings. The molecule has 0 aromatic carbocycles. The molecule has 0 saturated carbocycles. The predicted molar refractivity (Wildman–Crippen MR) is 366 cm³/mol. The van der Waals surface area contributed by atoms with Crippen LogP contribution < -0.4 is 5.32 Å². The Morgan fingerprint density at radius 1 is 0.325 bits per heavy atom. The summed E-state index contributed by atoms with van der Waals surface area (Å²) in [5, 5.41) is 23.5. The van der Waals surface area contributed by atoms with Gasteiger partial charge in [0.2, 0.25) is 5.91 Å². The zero-order chi connectivity index (χ0) is 59.9. The number of aliphatic hydroxyl groups is 2. The summed E-state index contributed by atoms with van der Waals surface area (Å²) in [4.78, 5) is 24.7. The first-order chi connectivity index (χ1) is 41.0. The lowest BCUT2D eigenvalue weighted by Gasteiger charge is -2.22. The van der Waals surface area contributed by atoms with Crippen molar-refractivity contribution in [2.75, 3.05) is 13.2 Å². The van der Waals surface area contributed by atoms with Gasteiger partial charge in [0.05, 0.1) is 25.4 Å². The van der Waals surface area contributed by atoms with Crippen LogP contribution in [-0.4, -0.2) is 47.4 Å². The average Bonchev–Trinajstić information content (AvgIpc) is 3.49. The topological polar surface area (TPSA) is 95.9 Å². The lowest BCUT2D eigenvalue weighted by atomic mass is 10.0. The van der Waals surface area contributed by atoms with E-state index in [1.54, 1.807) is 0 Å². The Labute approximate surface area is 520 Å². The van der Waals surface area contributed by atoms with Crippen molar-refractivity contribution in [2.24, 2.45) is 0 Å². The normalized spacial score (nSPS) is 12.5. The van der Waals surface area contributed by atoms with Crippen molar-refractivity contribution in [3.63, 3.8) is 0 Å². The van der Waals surface area contributed by atoms with Crippen molar-refractivity contribution >= 4 is 11.9 Å². The molecule has 494 valence electrons. The van der Waals surface area contributed by atoms with Gasteiger partial charge in [-0.3, -0.25) is 9.59 Å². The Kier molecular flexibility index (Phi) is 71.8. The average molecular weight is 1170 g/mol. The van der Waals surface area contributed by atoms with Crippen LogP contribution in [0.2, 0.25) is 0 Å². The highest BCUT2D eigenvalue weighted by atomic mass is 16.5. The molecule has 2 unspecified atom stereocenters. The van der Waals surface area contributed by atoms with E-state index in [4.69, 9.17) is 4.74 Å². The van der Waals surface area contributed by atoms with E-state index in [1.165, 1.54) is 372 Å². The van der Waals surface area contributed by atoms with Gasteiger partial charge in [-0.2, -0.15) is 0 Å². The maximum atomic E-state index is 12.6. The van der Waals surface area contributed by atoms with Gasteiger partial charge in [-0.15, -0.1) is 0 Å². The van der Waals surface area contributed by atoms with E-state index in [-0.39, 0.29) is 18.5 Å². The van der Waals surface area contributed by atoms with Crippen molar-refractivity contribution in [2.45, 2.75) is 456 Å². The van der Waals surface area contributed by atoms with Gasteiger partial charge in [-0.1, -0.05) is 392 Å². The van der Waals surface area contributed by atoms with Crippen LogP contribution in [0.4, 0.5) is 0 Å². The van der Waals surface area contributed by atoms with Crippen LogP contribution in [0.15, 0.2) is 12.2 Å². The van der Waals surface area contributed by atoms with Gasteiger partial charge >= 0.3 is 5.97 Å². The van der Waals surface area contributed by atoms with Gasteiger partial charge in [-0.25, -0.2) is 0 Å². The summed E-state index contributed by atoms with van der Waals surface area (Å²) >= 11 is 0. The molecule has 0 aliphatic heterocycles. The van der Waals surface area contributed by atoms with Crippen LogP contribution in [0.1, 0.15) is 444 Å². The summed E-state index contributed by atoms with van der Waals surface area (Å²) in [6.45, 7) is 5.01. The van der Waals surface area contributed by atoms with Gasteiger partial charge < -0.3 is 20.3 Å². The number of nitrogens with one attached hydrogen (secondary N) is 1. The quantitative estimate of drug-likeness (QED) is 0.0320. The minimum atomic E-state index is -0.669. The molecular formula is C77H151NO5. The van der Waals surface area contributed by atoms with Crippen LogP contribution in [0.5, 0.6) is 0 Å². The zero-order valence-corrected chi connectivity index (χ0v) is 56.7. The third-order valence-corrected chi connectivity index (χ3v) is 18.3. The number of ether oxygens (including phenoxy) is 1. The standard InChI is InChI=1S/C77H151NO5/c1-3-5-7-9-11-13-15-17-19-21-23-24-25-27-30-34-37-41-45-49-53-57-61-65-69-75(80)74(73-79)78-76(81)70-66-62-58-54-50-46-42-38-35-31-28-26-29-32-36-40-44-48-52-56-60-64-68-72-83-77(82)71-67-63-59-55-51-47-43-39-33-22-20-18-16-14-12-10-8-6-4-2/h31,35,74-75,79-80H,3-30,32-34,36-73H2,1-2H3,(H,78,81)/b35-31-. The summed E-state index contributed by atoms with van der Waals surface area (Å²) in [6.07, 6.45) is 91.4. The number of hydrogen-bond acceptors (Lipinski definition) is 5. The van der Waals surface area contributed by atoms with Crippen molar-refractivity contribution in [3.05, 3.63) is 12.2 Å². The molecule has 0 aliphatic rings. The van der Waals surface area contributed by atoms with Crippen molar-refractivity contribution in [1.82, 2.24) is 5.32 Å². The van der Waals surface area contributed by atoms with E-state index in [1.807, 2.05) is 0 Å². The predicted octanol–water partition coefficient (Wildman–Crippen LogP) is 25.1. The van der Waals surface area contributed by atoms with E-state index in [2.05, 4.69) is 31.3 Å². The molecule has 0 bridgehead atoms. The van der Waals surface area contributed by atoms with E-state index in [0.717, 1.165) is 38.5 Å². The highest BCUT2D eigenvalue weighted by Gasteiger charge is 2.20. The Balaban J connectivity index is 3.38. The van der Waals surface area contributed by atoms with Crippen LogP contribution in [0.25, 0.3) is 0 Å². The fourth-order valence-electron chi connectivity index (χ4n) is 12.5. The number of hydrogen-bond donors (Lipinski definition) is 3. The van der Waals surface area contributed by atoms with Crippen molar-refractivity contribution < 1.29 is 24.5 Å². The van der Waals surface area contributed by atoms with Gasteiger partial charge in [0, 0.05) is 12.8 Å². The molecule has 2 atom stereocenters. The molecule has 6 heteroatoms. The summed E-state index contributed by atoms with van der Waals surface area (Å²) in [5.41, 5.74) is 0. The maximum absolute atomic E-state index is 12.6. The molecule has 1 amide bonds. The smallest absolute Gasteiger partial charge is 0.305 e. The minimum absolute atomic E-state index is 0.0179. The third-order valence-electron chi connectivity index (χ3n) is 18.3. The van der Waals surface area contributed by atoms with E-state index in [9.17, 15) is 19.8 Å². The van der Waals surface area contributed by atoms with Crippen LogP contribution in [0.3, 0.4) is 0 Å². The number of unbranched alkanes of at least 4 members (excludes halogenated alkanes) is 60. The lowest BCUT2D eigenvalue weighted by Crippen LogP contribution is -2.45. The molecule has 0 spiro atoms. The molecule has 0 aromatic heterocycles. The fraction of sp³-hybridized carbons (Fsp3) is 0.948. The summed E-state index contributed by atoms with van der Waals surface area (Å²) in [7, 11) is 0. The summed E-state index contributed by atoms with van der Waals surface area (Å²) in [5.74, 6) is -0.0176. The molecule has 0 radical (unpaired) electrons. The Hall–Kier alpha value is -1.40. The minimum Gasteiger partial charge on any atom is -0.466 e. The van der Waals surface area contributed by atoms with Crippen LogP contribution >= 0.6 is 0 Å². The first-order valence-electron chi connectivity index (χ1n) is 38.4. The number of carbonyl (C=O) groups excluding carboxylic acids is 2. The second-order valence-corrected chi connectivity index (χ2v) is 26.7. The Morgan fingerprint density at radius 2 is 0.566 bits per heavy atom. The fourth-order valence-corrected chi connectivity index (χ4v) is 12.5. The number of amides is 1. The molecule has 3 N–H and O–H groups in total. The molecule has 0 aliphatic carbocycles. The monoisotopic (exact) mass is 1170 g/mol. The molecule has 0 heterocycles. The van der Waals surface area contributed by atoms with Gasteiger partial charge in [0.15, 0.2) is 0 Å². The summed E-state index contributed by atoms with van der Waals surface area (Å²) in [6, 6.07) is -0.547. The molecule has 83 heavy (non-hydrogen) atoms. The number of rotatable bonds is 73. The second kappa shape index (κ2) is 73.1. The van der Waals surface area contributed by atoms with Crippen LogP contribution in [-0.2, 0) is 14.3 Å².